The van der Waals surface area contributed by atoms with E-state index in [0.29, 0.717) is 30.5 Å². The van der Waals surface area contributed by atoms with Gasteiger partial charge >= 0.3 is 0 Å². The van der Waals surface area contributed by atoms with Crippen LogP contribution in [-0.4, -0.2) is 11.6 Å². The molecule has 84 valence electrons. The van der Waals surface area contributed by atoms with Gasteiger partial charge in [0.25, 0.3) is 0 Å². The van der Waals surface area contributed by atoms with Crippen LogP contribution in [-0.2, 0) is 9.59 Å². The highest BCUT2D eigenvalue weighted by atomic mass is 79.9. The van der Waals surface area contributed by atoms with Crippen LogP contribution < -0.4 is 5.73 Å². The number of nitrogens with two attached hydrogens (primary N) is 1. The summed E-state index contributed by atoms with van der Waals surface area (Å²) in [6, 6.07) is 5.32. The normalized spacial score (nSPS) is 17.8. The van der Waals surface area contributed by atoms with Crippen molar-refractivity contribution in [3.8, 4) is 0 Å². The summed E-state index contributed by atoms with van der Waals surface area (Å²) in [4.78, 5) is 23.6. The number of anilines is 1. The van der Waals surface area contributed by atoms with Gasteiger partial charge in [-0.15, -0.1) is 0 Å². The zero-order valence-corrected chi connectivity index (χ0v) is 10.3. The average Bonchev–Trinajstić information content (AvgIpc) is 2.21. The predicted molar refractivity (Wildman–Crippen MR) is 65.2 cm³/mol. The van der Waals surface area contributed by atoms with Gasteiger partial charge in [0, 0.05) is 28.6 Å². The van der Waals surface area contributed by atoms with Crippen molar-refractivity contribution in [2.45, 2.75) is 25.2 Å². The van der Waals surface area contributed by atoms with E-state index in [1.807, 2.05) is 0 Å². The Morgan fingerprint density at radius 1 is 1.19 bits per heavy atom. The first-order valence-electron chi connectivity index (χ1n) is 5.20. The standard InChI is InChI=1S/C12H12BrNO2/c13-7-3-1-4-8(14)11(7)12-9(15)5-2-6-10(12)16/h1,3-4,12H,2,5-6,14H2. The minimum absolute atomic E-state index is 0.0187. The number of carbonyl (C=O) groups excluding carboxylic acids is 2. The van der Waals surface area contributed by atoms with E-state index in [9.17, 15) is 9.59 Å². The smallest absolute Gasteiger partial charge is 0.147 e. The van der Waals surface area contributed by atoms with Gasteiger partial charge in [-0.2, -0.15) is 0 Å². The lowest BCUT2D eigenvalue weighted by molar-refractivity contribution is -0.131. The molecule has 0 aliphatic heterocycles. The van der Waals surface area contributed by atoms with Crippen LogP contribution in [0.15, 0.2) is 22.7 Å². The molecule has 16 heavy (non-hydrogen) atoms. The summed E-state index contributed by atoms with van der Waals surface area (Å²) in [5, 5.41) is 0. The SMILES string of the molecule is Nc1cccc(Br)c1C1C(=O)CCCC1=O. The number of ketones is 2. The van der Waals surface area contributed by atoms with Crippen molar-refractivity contribution in [2.75, 3.05) is 5.73 Å². The van der Waals surface area contributed by atoms with Gasteiger partial charge in [-0.3, -0.25) is 9.59 Å². The molecule has 1 saturated carbocycles. The second-order valence-corrected chi connectivity index (χ2v) is 4.82. The zero-order valence-electron chi connectivity index (χ0n) is 8.70. The summed E-state index contributed by atoms with van der Waals surface area (Å²) >= 11 is 3.35. The fraction of sp³-hybridized carbons (Fsp3) is 0.333. The second kappa shape index (κ2) is 4.37. The van der Waals surface area contributed by atoms with E-state index in [4.69, 9.17) is 5.73 Å². The van der Waals surface area contributed by atoms with Gasteiger partial charge in [-0.05, 0) is 18.6 Å². The van der Waals surface area contributed by atoms with Gasteiger partial charge in [0.1, 0.15) is 17.5 Å². The van der Waals surface area contributed by atoms with Gasteiger partial charge in [-0.25, -0.2) is 0 Å². The molecule has 1 fully saturated rings. The van der Waals surface area contributed by atoms with E-state index in [0.717, 1.165) is 4.47 Å². The molecule has 2 N–H and O–H groups in total. The van der Waals surface area contributed by atoms with Gasteiger partial charge in [-0.1, -0.05) is 22.0 Å². The Kier molecular flexibility index (Phi) is 3.10. The molecule has 0 saturated heterocycles. The number of carbonyl (C=O) groups is 2. The molecule has 1 aliphatic rings. The lowest BCUT2D eigenvalue weighted by Crippen LogP contribution is -2.27. The molecule has 0 heterocycles. The molecule has 0 bridgehead atoms. The zero-order chi connectivity index (χ0) is 11.7. The number of hydrogen-bond donors (Lipinski definition) is 1. The number of rotatable bonds is 1. The molecule has 0 aromatic heterocycles. The van der Waals surface area contributed by atoms with E-state index in [1.165, 1.54) is 0 Å². The van der Waals surface area contributed by atoms with Crippen molar-refractivity contribution >= 4 is 33.2 Å². The van der Waals surface area contributed by atoms with Crippen LogP contribution in [0.25, 0.3) is 0 Å². The minimum Gasteiger partial charge on any atom is -0.398 e. The van der Waals surface area contributed by atoms with E-state index in [1.54, 1.807) is 18.2 Å². The van der Waals surface area contributed by atoms with Crippen LogP contribution >= 0.6 is 15.9 Å². The molecule has 2 rings (SSSR count). The van der Waals surface area contributed by atoms with Crippen molar-refractivity contribution in [1.29, 1.82) is 0 Å². The fourth-order valence-corrected chi connectivity index (χ4v) is 2.70. The maximum Gasteiger partial charge on any atom is 0.147 e. The van der Waals surface area contributed by atoms with Crippen molar-refractivity contribution in [3.05, 3.63) is 28.2 Å². The first-order chi connectivity index (χ1) is 7.61. The highest BCUT2D eigenvalue weighted by Crippen LogP contribution is 2.35. The lowest BCUT2D eigenvalue weighted by atomic mass is 9.81. The largest absolute Gasteiger partial charge is 0.398 e. The molecule has 0 atom stereocenters. The molecular weight excluding hydrogens is 270 g/mol. The molecule has 3 nitrogen and oxygen atoms in total. The third-order valence-electron chi connectivity index (χ3n) is 2.87. The van der Waals surface area contributed by atoms with E-state index in [-0.39, 0.29) is 11.6 Å². The summed E-state index contributed by atoms with van der Waals surface area (Å²) in [6.45, 7) is 0. The summed E-state index contributed by atoms with van der Waals surface area (Å²) in [5.74, 6) is -0.700. The maximum absolute atomic E-state index is 11.8. The van der Waals surface area contributed by atoms with Crippen LogP contribution in [0.3, 0.4) is 0 Å². The summed E-state index contributed by atoms with van der Waals surface area (Å²) in [5.41, 5.74) is 6.98. The van der Waals surface area contributed by atoms with Crippen molar-refractivity contribution in [1.82, 2.24) is 0 Å². The predicted octanol–water partition coefficient (Wildman–Crippen LogP) is 2.44. The van der Waals surface area contributed by atoms with E-state index in [2.05, 4.69) is 15.9 Å². The molecule has 1 aromatic carbocycles. The Labute approximate surface area is 102 Å². The van der Waals surface area contributed by atoms with Crippen LogP contribution in [0.1, 0.15) is 30.7 Å². The Morgan fingerprint density at radius 3 is 2.38 bits per heavy atom. The van der Waals surface area contributed by atoms with E-state index >= 15 is 0 Å². The van der Waals surface area contributed by atoms with Crippen LogP contribution in [0.2, 0.25) is 0 Å². The van der Waals surface area contributed by atoms with Gasteiger partial charge in [0.05, 0.1) is 0 Å². The van der Waals surface area contributed by atoms with Crippen molar-refractivity contribution in [3.63, 3.8) is 0 Å². The summed E-state index contributed by atoms with van der Waals surface area (Å²) < 4.78 is 0.737. The van der Waals surface area contributed by atoms with E-state index < -0.39 is 5.92 Å². The quantitative estimate of drug-likeness (QED) is 0.635. The minimum atomic E-state index is -0.663. The molecule has 0 radical (unpaired) electrons. The highest BCUT2D eigenvalue weighted by molar-refractivity contribution is 9.10. The highest BCUT2D eigenvalue weighted by Gasteiger charge is 2.33. The van der Waals surface area contributed by atoms with Gasteiger partial charge < -0.3 is 5.73 Å². The number of hydrogen-bond acceptors (Lipinski definition) is 3. The van der Waals surface area contributed by atoms with Gasteiger partial charge in [0.2, 0.25) is 0 Å². The Bertz CT molecular complexity index is 420. The monoisotopic (exact) mass is 281 g/mol. The van der Waals surface area contributed by atoms with Gasteiger partial charge in [0.15, 0.2) is 0 Å². The number of halogens is 1. The number of benzene rings is 1. The maximum atomic E-state index is 11.8. The Hall–Kier alpha value is -1.16. The molecule has 4 heteroatoms. The van der Waals surface area contributed by atoms with Crippen molar-refractivity contribution in [2.24, 2.45) is 0 Å². The average molecular weight is 282 g/mol. The molecule has 0 unspecified atom stereocenters. The third kappa shape index (κ3) is 1.89. The molecule has 1 aliphatic carbocycles. The molecule has 1 aromatic rings. The van der Waals surface area contributed by atoms with Crippen molar-refractivity contribution < 1.29 is 9.59 Å². The summed E-state index contributed by atoms with van der Waals surface area (Å²) in [6.07, 6.45) is 1.60. The van der Waals surface area contributed by atoms with Crippen LogP contribution in [0.4, 0.5) is 5.69 Å². The summed E-state index contributed by atoms with van der Waals surface area (Å²) in [7, 11) is 0. The first kappa shape index (κ1) is 11.3. The Balaban J connectivity index is 2.49. The molecule has 0 amide bonds. The number of Topliss-reactive ketones (excluding diaryl/α,β-unsaturated/α-hetero) is 2. The fourth-order valence-electron chi connectivity index (χ4n) is 2.09. The third-order valence-corrected chi connectivity index (χ3v) is 3.56. The second-order valence-electron chi connectivity index (χ2n) is 3.96. The molecule has 0 spiro atoms. The first-order valence-corrected chi connectivity index (χ1v) is 6.00. The number of nitrogen functional groups attached to an aromatic ring is 1. The topological polar surface area (TPSA) is 60.2 Å². The van der Waals surface area contributed by atoms with Crippen LogP contribution in [0, 0.1) is 0 Å². The van der Waals surface area contributed by atoms with Crippen LogP contribution in [0.5, 0.6) is 0 Å². The Morgan fingerprint density at radius 2 is 1.81 bits per heavy atom. The lowest BCUT2D eigenvalue weighted by Gasteiger charge is -2.22. The molecular formula is C12H12BrNO2.